The Bertz CT molecular complexity index is 824. The molecule has 0 aromatic heterocycles. The monoisotopic (exact) mass is 362 g/mol. The quantitative estimate of drug-likeness (QED) is 0.828. The molecule has 1 aliphatic carbocycles. The van der Waals surface area contributed by atoms with Gasteiger partial charge in [-0.2, -0.15) is 0 Å². The first-order valence-electron chi connectivity index (χ1n) is 9.99. The molecule has 2 amide bonds. The van der Waals surface area contributed by atoms with Crippen LogP contribution in [-0.2, 0) is 17.8 Å². The summed E-state index contributed by atoms with van der Waals surface area (Å²) in [6.45, 7) is 0.570. The fourth-order valence-corrected chi connectivity index (χ4v) is 4.16. The third-order valence-corrected chi connectivity index (χ3v) is 5.65. The van der Waals surface area contributed by atoms with Crippen LogP contribution in [0, 0.1) is 0 Å². The molecule has 1 N–H and O–H groups in total. The summed E-state index contributed by atoms with van der Waals surface area (Å²) in [6.07, 6.45) is 7.43. The van der Waals surface area contributed by atoms with E-state index in [2.05, 4.69) is 5.32 Å². The van der Waals surface area contributed by atoms with Crippen LogP contribution in [0.25, 0.3) is 0 Å². The van der Waals surface area contributed by atoms with Crippen LogP contribution in [0.2, 0.25) is 0 Å². The zero-order chi connectivity index (χ0) is 18.6. The molecule has 2 aromatic rings. The minimum atomic E-state index is -0.0151. The summed E-state index contributed by atoms with van der Waals surface area (Å²) >= 11 is 0. The first-order valence-corrected chi connectivity index (χ1v) is 9.99. The van der Waals surface area contributed by atoms with Gasteiger partial charge in [-0.3, -0.25) is 9.59 Å². The molecule has 1 saturated carbocycles. The van der Waals surface area contributed by atoms with Gasteiger partial charge in [0, 0.05) is 17.3 Å². The van der Waals surface area contributed by atoms with Crippen LogP contribution >= 0.6 is 0 Å². The second-order valence-electron chi connectivity index (χ2n) is 7.65. The van der Waals surface area contributed by atoms with Crippen molar-refractivity contribution in [2.75, 3.05) is 4.90 Å². The second-order valence-corrected chi connectivity index (χ2v) is 7.65. The minimum absolute atomic E-state index is 0.0151. The highest BCUT2D eigenvalue weighted by atomic mass is 16.2. The van der Waals surface area contributed by atoms with Crippen LogP contribution < -0.4 is 10.2 Å². The standard InChI is InChI=1S/C23H26N2O2/c26-22-15-19-14-18(23(27)24-20-10-6-1-2-7-11-20)12-13-21(19)25(22)16-17-8-4-3-5-9-17/h3-5,8-9,12-14,20H,1-2,6-7,10-11,15-16H2,(H,24,27). The molecule has 0 saturated heterocycles. The average molecular weight is 362 g/mol. The van der Waals surface area contributed by atoms with Crippen molar-refractivity contribution in [3.8, 4) is 0 Å². The van der Waals surface area contributed by atoms with Gasteiger partial charge in [0.15, 0.2) is 0 Å². The molecule has 2 aromatic carbocycles. The lowest BCUT2D eigenvalue weighted by Crippen LogP contribution is -2.34. The molecule has 0 bridgehead atoms. The average Bonchev–Trinajstić information content (AvgIpc) is 2.85. The zero-order valence-corrected chi connectivity index (χ0v) is 15.6. The summed E-state index contributed by atoms with van der Waals surface area (Å²) in [6, 6.07) is 15.9. The molecule has 27 heavy (non-hydrogen) atoms. The fourth-order valence-electron chi connectivity index (χ4n) is 4.16. The SMILES string of the molecule is O=C(NC1CCCCCC1)c1ccc2c(c1)CC(=O)N2Cc1ccccc1. The number of nitrogens with zero attached hydrogens (tertiary/aromatic N) is 1. The number of amides is 2. The maximum absolute atomic E-state index is 12.7. The molecule has 0 atom stereocenters. The van der Waals surface area contributed by atoms with Gasteiger partial charge >= 0.3 is 0 Å². The van der Waals surface area contributed by atoms with Crippen molar-refractivity contribution < 1.29 is 9.59 Å². The molecule has 0 radical (unpaired) electrons. The maximum Gasteiger partial charge on any atom is 0.251 e. The minimum Gasteiger partial charge on any atom is -0.349 e. The highest BCUT2D eigenvalue weighted by molar-refractivity contribution is 6.03. The molecule has 1 aliphatic heterocycles. The Hall–Kier alpha value is -2.62. The third-order valence-electron chi connectivity index (χ3n) is 5.65. The Morgan fingerprint density at radius 2 is 1.74 bits per heavy atom. The van der Waals surface area contributed by atoms with Gasteiger partial charge in [0.1, 0.15) is 0 Å². The number of fused-ring (bicyclic) bond motifs is 1. The predicted octanol–water partition coefficient (Wildman–Crippen LogP) is 4.23. The molecule has 140 valence electrons. The van der Waals surface area contributed by atoms with E-state index in [0.717, 1.165) is 29.7 Å². The van der Waals surface area contributed by atoms with Crippen molar-refractivity contribution >= 4 is 17.5 Å². The molecule has 4 rings (SSSR count). The van der Waals surface area contributed by atoms with Crippen molar-refractivity contribution in [1.29, 1.82) is 0 Å². The highest BCUT2D eigenvalue weighted by Crippen LogP contribution is 2.31. The van der Waals surface area contributed by atoms with Crippen molar-refractivity contribution in [2.45, 2.75) is 57.5 Å². The number of anilines is 1. The third kappa shape index (κ3) is 4.05. The van der Waals surface area contributed by atoms with E-state index in [0.29, 0.717) is 18.5 Å². The van der Waals surface area contributed by atoms with Crippen molar-refractivity contribution in [3.63, 3.8) is 0 Å². The molecule has 1 fully saturated rings. The highest BCUT2D eigenvalue weighted by Gasteiger charge is 2.28. The molecule has 2 aliphatic rings. The van der Waals surface area contributed by atoms with E-state index in [1.807, 2.05) is 53.4 Å². The molecule has 1 heterocycles. The topological polar surface area (TPSA) is 49.4 Å². The van der Waals surface area contributed by atoms with E-state index in [1.165, 1.54) is 25.7 Å². The Balaban J connectivity index is 1.48. The van der Waals surface area contributed by atoms with E-state index in [1.54, 1.807) is 0 Å². The van der Waals surface area contributed by atoms with Crippen molar-refractivity contribution in [1.82, 2.24) is 5.32 Å². The summed E-state index contributed by atoms with van der Waals surface area (Å²) in [5.41, 5.74) is 3.64. The Morgan fingerprint density at radius 3 is 2.48 bits per heavy atom. The maximum atomic E-state index is 12.7. The number of hydrogen-bond donors (Lipinski definition) is 1. The van der Waals surface area contributed by atoms with Crippen LogP contribution in [0.3, 0.4) is 0 Å². The lowest BCUT2D eigenvalue weighted by atomic mass is 10.1. The van der Waals surface area contributed by atoms with E-state index in [9.17, 15) is 9.59 Å². The summed E-state index contributed by atoms with van der Waals surface area (Å²) in [5, 5.41) is 3.19. The lowest BCUT2D eigenvalue weighted by Gasteiger charge is -2.19. The number of benzene rings is 2. The smallest absolute Gasteiger partial charge is 0.251 e. The molecule has 4 heteroatoms. The number of carbonyl (C=O) groups excluding carboxylic acids is 2. The lowest BCUT2D eigenvalue weighted by molar-refractivity contribution is -0.117. The number of carbonyl (C=O) groups is 2. The number of rotatable bonds is 4. The first-order chi connectivity index (χ1) is 13.2. The van der Waals surface area contributed by atoms with Crippen molar-refractivity contribution in [3.05, 3.63) is 65.2 Å². The van der Waals surface area contributed by atoms with Crippen LogP contribution in [0.15, 0.2) is 48.5 Å². The van der Waals surface area contributed by atoms with Gasteiger partial charge in [0.25, 0.3) is 5.91 Å². The fraction of sp³-hybridized carbons (Fsp3) is 0.391. The summed E-state index contributed by atoms with van der Waals surface area (Å²) < 4.78 is 0. The molecule has 0 spiro atoms. The van der Waals surface area contributed by atoms with E-state index in [4.69, 9.17) is 0 Å². The van der Waals surface area contributed by atoms with Gasteiger partial charge in [-0.15, -0.1) is 0 Å². The number of nitrogens with one attached hydrogen (secondary N) is 1. The van der Waals surface area contributed by atoms with Crippen LogP contribution in [0.5, 0.6) is 0 Å². The van der Waals surface area contributed by atoms with Gasteiger partial charge in [-0.25, -0.2) is 0 Å². The normalized spacial score (nSPS) is 17.5. The van der Waals surface area contributed by atoms with Crippen LogP contribution in [-0.4, -0.2) is 17.9 Å². The molecule has 4 nitrogen and oxygen atoms in total. The Labute approximate surface area is 160 Å². The molecular weight excluding hydrogens is 336 g/mol. The van der Waals surface area contributed by atoms with Gasteiger partial charge < -0.3 is 10.2 Å². The summed E-state index contributed by atoms with van der Waals surface area (Å²) in [5.74, 6) is 0.0776. The number of hydrogen-bond acceptors (Lipinski definition) is 2. The van der Waals surface area contributed by atoms with Crippen LogP contribution in [0.4, 0.5) is 5.69 Å². The predicted molar refractivity (Wildman–Crippen MR) is 107 cm³/mol. The van der Waals surface area contributed by atoms with Crippen molar-refractivity contribution in [2.24, 2.45) is 0 Å². The zero-order valence-electron chi connectivity index (χ0n) is 15.6. The Morgan fingerprint density at radius 1 is 1.00 bits per heavy atom. The summed E-state index contributed by atoms with van der Waals surface area (Å²) in [7, 11) is 0. The molecule has 0 unspecified atom stereocenters. The van der Waals surface area contributed by atoms with E-state index >= 15 is 0 Å². The van der Waals surface area contributed by atoms with E-state index in [-0.39, 0.29) is 17.9 Å². The largest absolute Gasteiger partial charge is 0.349 e. The first kappa shape index (κ1) is 17.8. The summed E-state index contributed by atoms with van der Waals surface area (Å²) in [4.78, 5) is 27.0. The second kappa shape index (κ2) is 7.95. The van der Waals surface area contributed by atoms with Gasteiger partial charge in [0.2, 0.25) is 5.91 Å². The van der Waals surface area contributed by atoms with Gasteiger partial charge in [-0.05, 0) is 42.2 Å². The molecular formula is C23H26N2O2. The van der Waals surface area contributed by atoms with E-state index < -0.39 is 0 Å². The van der Waals surface area contributed by atoms with Gasteiger partial charge in [0.05, 0.1) is 13.0 Å². The van der Waals surface area contributed by atoms with Crippen LogP contribution in [0.1, 0.15) is 60.0 Å². The van der Waals surface area contributed by atoms with Gasteiger partial charge in [-0.1, -0.05) is 56.0 Å². The Kier molecular flexibility index (Phi) is 5.23.